The molecule has 10 nitrogen and oxygen atoms in total. The number of aliphatic hydroxyl groups excluding tert-OH is 3. The van der Waals surface area contributed by atoms with Gasteiger partial charge in [0.15, 0.2) is 1.37 Å². The fourth-order valence-electron chi connectivity index (χ4n) is 2.94. The van der Waals surface area contributed by atoms with Crippen molar-refractivity contribution < 1.29 is 45.7 Å². The molecule has 1 aromatic carbocycles. The molecule has 10 heteroatoms. The Morgan fingerprint density at radius 3 is 2.61 bits per heavy atom. The number of rotatable bonds is 7. The summed E-state index contributed by atoms with van der Waals surface area (Å²) in [4.78, 5) is 33.8. The summed E-state index contributed by atoms with van der Waals surface area (Å²) in [6, 6.07) is 4.36. The van der Waals surface area contributed by atoms with Crippen LogP contribution in [-0.2, 0) is 25.7 Å². The molecule has 154 valence electrons. The van der Waals surface area contributed by atoms with Gasteiger partial charge in [-0.05, 0) is 17.7 Å². The molecule has 2 rings (SSSR count). The van der Waals surface area contributed by atoms with Gasteiger partial charge in [-0.25, -0.2) is 0 Å². The first-order valence-corrected chi connectivity index (χ1v) is 8.63. The van der Waals surface area contributed by atoms with E-state index >= 15 is 0 Å². The zero-order valence-corrected chi connectivity index (χ0v) is 15.1. The Labute approximate surface area is 162 Å². The molecular weight excluding hydrogens is 374 g/mol. The molecule has 1 aromatic rings. The first-order valence-electron chi connectivity index (χ1n) is 9.13. The Morgan fingerprint density at radius 1 is 1.29 bits per heavy atom. The molecule has 5 N–H and O–H groups in total. The highest BCUT2D eigenvalue weighted by Gasteiger charge is 2.47. The quantitative estimate of drug-likeness (QED) is 0.386. The second kappa shape index (κ2) is 9.49. The van der Waals surface area contributed by atoms with Crippen LogP contribution in [0.5, 0.6) is 5.75 Å². The van der Waals surface area contributed by atoms with Crippen LogP contribution in [0.25, 0.3) is 0 Å². The van der Waals surface area contributed by atoms with Gasteiger partial charge in [0.25, 0.3) is 6.45 Å². The topological polar surface area (TPSA) is 163 Å². The van der Waals surface area contributed by atoms with E-state index in [2.05, 4.69) is 10.1 Å². The normalized spacial score (nSPS) is 27.4. The average molecular weight is 398 g/mol. The number of carboxylic acid groups (broad SMARTS) is 1. The Balaban J connectivity index is 2.28. The summed E-state index contributed by atoms with van der Waals surface area (Å²) in [6.45, 7) is 1.41. The Bertz CT molecular complexity index is 772. The third kappa shape index (κ3) is 4.97. The summed E-state index contributed by atoms with van der Waals surface area (Å²) in [5, 5.41) is 41.8. The minimum absolute atomic E-state index is 0.0875. The van der Waals surface area contributed by atoms with E-state index in [1.54, 1.807) is 6.92 Å². The van der Waals surface area contributed by atoms with E-state index in [1.165, 1.54) is 18.2 Å². The highest BCUT2D eigenvalue weighted by Crippen LogP contribution is 2.33. The molecule has 1 aliphatic carbocycles. The molecule has 0 aromatic heterocycles. The molecule has 5 atom stereocenters. The minimum Gasteiger partial charge on any atom is -0.485 e. The second-order valence-corrected chi connectivity index (χ2v) is 6.41. The van der Waals surface area contributed by atoms with Gasteiger partial charge in [-0.3, -0.25) is 14.4 Å². The standard InChI is InChI=1S/C18H23NO9/c1-2-14(21)19-11-5-9(7-27-8-20)3-4-12(11)28-13-6-10(18(25)26)15(22)17(24)16(13)23/h3-5,8,10,13,15-17,22-24H,2,6-7H2,1H3,(H,19,21)(H,25,26)/t10?,13-,15-,16?,17+/m1/s1/i8D. The maximum absolute atomic E-state index is 11.8. The largest absolute Gasteiger partial charge is 0.485 e. The lowest BCUT2D eigenvalue weighted by molar-refractivity contribution is -0.174. The van der Waals surface area contributed by atoms with Crippen LogP contribution in [0.15, 0.2) is 18.2 Å². The number of carbonyl (C=O) groups is 3. The van der Waals surface area contributed by atoms with Crippen LogP contribution in [-0.4, -0.2) is 63.2 Å². The van der Waals surface area contributed by atoms with E-state index in [-0.39, 0.29) is 36.8 Å². The van der Waals surface area contributed by atoms with Crippen LogP contribution < -0.4 is 10.1 Å². The van der Waals surface area contributed by atoms with Gasteiger partial charge < -0.3 is 35.2 Å². The summed E-state index contributed by atoms with van der Waals surface area (Å²) in [5.41, 5.74) is 0.627. The van der Waals surface area contributed by atoms with E-state index in [4.69, 9.17) is 6.11 Å². The number of nitrogens with one attached hydrogen (secondary N) is 1. The molecule has 0 heterocycles. The van der Waals surface area contributed by atoms with Gasteiger partial charge >= 0.3 is 5.97 Å². The lowest BCUT2D eigenvalue weighted by Crippen LogP contribution is -2.57. The van der Waals surface area contributed by atoms with Gasteiger partial charge in [0.2, 0.25) is 5.91 Å². The predicted molar refractivity (Wildman–Crippen MR) is 94.4 cm³/mol. The molecule has 1 amide bonds. The molecule has 0 aliphatic heterocycles. The fourth-order valence-corrected chi connectivity index (χ4v) is 2.94. The first kappa shape index (κ1) is 20.1. The molecule has 28 heavy (non-hydrogen) atoms. The number of aliphatic carboxylic acids is 1. The van der Waals surface area contributed by atoms with Crippen molar-refractivity contribution in [1.82, 2.24) is 0 Å². The molecule has 0 saturated heterocycles. The van der Waals surface area contributed by atoms with Gasteiger partial charge in [0.05, 0.1) is 17.7 Å². The summed E-state index contributed by atoms with van der Waals surface area (Å²) in [7, 11) is 0. The number of ether oxygens (including phenoxy) is 2. The van der Waals surface area contributed by atoms with Gasteiger partial charge in [-0.2, -0.15) is 0 Å². The van der Waals surface area contributed by atoms with Gasteiger partial charge in [-0.15, -0.1) is 0 Å². The predicted octanol–water partition coefficient (Wildman–Crippen LogP) is -0.357. The number of carbonyl (C=O) groups excluding carboxylic acids is 2. The minimum atomic E-state index is -1.72. The molecular formula is C18H23NO9. The fraction of sp³-hybridized carbons (Fsp3) is 0.500. The number of aliphatic hydroxyl groups is 3. The lowest BCUT2D eigenvalue weighted by Gasteiger charge is -2.38. The molecule has 1 aliphatic rings. The van der Waals surface area contributed by atoms with Crippen molar-refractivity contribution in [1.29, 1.82) is 0 Å². The van der Waals surface area contributed by atoms with E-state index in [1.807, 2.05) is 0 Å². The smallest absolute Gasteiger partial charge is 0.309 e. The Kier molecular flexibility index (Phi) is 6.80. The number of carboxylic acids is 1. The van der Waals surface area contributed by atoms with Crippen LogP contribution >= 0.6 is 0 Å². The highest BCUT2D eigenvalue weighted by molar-refractivity contribution is 5.92. The van der Waals surface area contributed by atoms with Crippen molar-refractivity contribution in [3.8, 4) is 5.75 Å². The number of amides is 1. The summed E-state index contributed by atoms with van der Waals surface area (Å²) < 4.78 is 17.0. The lowest BCUT2D eigenvalue weighted by atomic mass is 9.80. The molecule has 0 spiro atoms. The van der Waals surface area contributed by atoms with Crippen molar-refractivity contribution in [2.75, 3.05) is 5.32 Å². The van der Waals surface area contributed by atoms with Crippen molar-refractivity contribution in [2.45, 2.75) is 50.8 Å². The van der Waals surface area contributed by atoms with Crippen molar-refractivity contribution >= 4 is 24.0 Å². The Morgan fingerprint density at radius 2 is 2.00 bits per heavy atom. The molecule has 2 unspecified atom stereocenters. The van der Waals surface area contributed by atoms with Crippen molar-refractivity contribution in [3.63, 3.8) is 0 Å². The zero-order chi connectivity index (χ0) is 21.7. The maximum Gasteiger partial charge on any atom is 0.309 e. The maximum atomic E-state index is 11.8. The number of hydrogen-bond donors (Lipinski definition) is 5. The molecule has 1 fully saturated rings. The summed E-state index contributed by atoms with van der Waals surface area (Å²) in [5.74, 6) is -2.95. The van der Waals surface area contributed by atoms with Gasteiger partial charge in [0.1, 0.15) is 30.7 Å². The molecule has 0 bridgehead atoms. The van der Waals surface area contributed by atoms with Crippen molar-refractivity contribution in [3.05, 3.63) is 23.8 Å². The van der Waals surface area contributed by atoms with Crippen LogP contribution in [0.4, 0.5) is 5.69 Å². The number of hydrogen-bond acceptors (Lipinski definition) is 8. The highest BCUT2D eigenvalue weighted by atomic mass is 16.5. The average Bonchev–Trinajstić information content (AvgIpc) is 2.67. The Hall–Kier alpha value is -2.69. The summed E-state index contributed by atoms with van der Waals surface area (Å²) >= 11 is 0. The SMILES string of the molecule is [2H]C(=O)OCc1ccc(O[C@@H]2CC(C(=O)O)[C@@H](O)[C@H](O)C2O)c(NC(=O)CC)c1. The second-order valence-electron chi connectivity index (χ2n) is 6.41. The number of benzene rings is 1. The van der Waals surface area contributed by atoms with Gasteiger partial charge in [0, 0.05) is 12.8 Å². The molecule has 1 saturated carbocycles. The van der Waals surface area contributed by atoms with Crippen LogP contribution in [0, 0.1) is 5.92 Å². The number of anilines is 1. The first-order chi connectivity index (χ1) is 13.6. The van der Waals surface area contributed by atoms with Crippen molar-refractivity contribution in [2.24, 2.45) is 5.92 Å². The monoisotopic (exact) mass is 398 g/mol. The zero-order valence-electron chi connectivity index (χ0n) is 16.1. The third-order valence-electron chi connectivity index (χ3n) is 4.51. The van der Waals surface area contributed by atoms with E-state index in [9.17, 15) is 34.8 Å². The van der Waals surface area contributed by atoms with Crippen LogP contribution in [0.1, 0.15) is 26.7 Å². The van der Waals surface area contributed by atoms with E-state index in [0.717, 1.165) is 0 Å². The van der Waals surface area contributed by atoms with E-state index < -0.39 is 42.8 Å². The summed E-state index contributed by atoms with van der Waals surface area (Å²) in [6.07, 6.45) is -7.43. The van der Waals surface area contributed by atoms with Crippen LogP contribution in [0.2, 0.25) is 0 Å². The third-order valence-corrected chi connectivity index (χ3v) is 4.51. The van der Waals surface area contributed by atoms with Crippen LogP contribution in [0.3, 0.4) is 0 Å². The van der Waals surface area contributed by atoms with Gasteiger partial charge in [-0.1, -0.05) is 13.0 Å². The molecule has 0 radical (unpaired) electrons. The van der Waals surface area contributed by atoms with E-state index in [0.29, 0.717) is 5.56 Å².